The Kier molecular flexibility index (Phi) is 8.03. The van der Waals surface area contributed by atoms with Gasteiger partial charge in [0.25, 0.3) is 11.6 Å². The highest BCUT2D eigenvalue weighted by Crippen LogP contribution is 2.18. The van der Waals surface area contributed by atoms with Crippen LogP contribution in [0.3, 0.4) is 0 Å². The van der Waals surface area contributed by atoms with Crippen LogP contribution < -0.4 is 15.5 Å². The van der Waals surface area contributed by atoms with E-state index in [0.29, 0.717) is 30.9 Å². The number of carbonyl (C=O) groups excluding carboxylic acids is 2. The molecule has 0 aliphatic rings. The van der Waals surface area contributed by atoms with Gasteiger partial charge in [0.2, 0.25) is 0 Å². The number of para-hydroxylation sites is 1. The lowest BCUT2D eigenvalue weighted by Crippen LogP contribution is -2.38. The highest BCUT2D eigenvalue weighted by molar-refractivity contribution is 6.53. The highest BCUT2D eigenvalue weighted by Gasteiger charge is 2.17. The summed E-state index contributed by atoms with van der Waals surface area (Å²) >= 11 is 10.9. The van der Waals surface area contributed by atoms with Crippen molar-refractivity contribution in [1.29, 1.82) is 0 Å². The molecule has 0 heterocycles. The third kappa shape index (κ3) is 6.40. The summed E-state index contributed by atoms with van der Waals surface area (Å²) in [5.74, 6) is -0.495. The number of hydrogen-bond donors (Lipinski definition) is 2. The third-order valence-electron chi connectivity index (χ3n) is 3.70. The molecule has 2 N–H and O–H groups in total. The van der Waals surface area contributed by atoms with Gasteiger partial charge in [-0.25, -0.2) is 4.79 Å². The van der Waals surface area contributed by atoms with E-state index in [1.54, 1.807) is 24.3 Å². The first-order valence-electron chi connectivity index (χ1n) is 8.32. The molecule has 0 aliphatic carbocycles. The van der Waals surface area contributed by atoms with Crippen molar-refractivity contribution in [3.63, 3.8) is 0 Å². The number of halogens is 2. The molecule has 0 saturated heterocycles. The first kappa shape index (κ1) is 21.5. The van der Waals surface area contributed by atoms with Crippen LogP contribution >= 0.6 is 23.2 Å². The second-order valence-electron chi connectivity index (χ2n) is 5.67. The smallest absolute Gasteiger partial charge is 0.326 e. The average Bonchev–Trinajstić information content (AvgIpc) is 2.68. The molecule has 2 aromatic rings. The predicted molar refractivity (Wildman–Crippen MR) is 109 cm³/mol. The van der Waals surface area contributed by atoms with E-state index in [-0.39, 0.29) is 5.69 Å². The number of urea groups is 1. The number of nitro benzene ring substituents is 1. The van der Waals surface area contributed by atoms with E-state index in [2.05, 4.69) is 10.6 Å². The topological polar surface area (TPSA) is 105 Å². The largest absolute Gasteiger partial charge is 0.354 e. The van der Waals surface area contributed by atoms with Gasteiger partial charge in [-0.05, 0) is 30.7 Å². The lowest BCUT2D eigenvalue weighted by atomic mass is 10.2. The van der Waals surface area contributed by atoms with Gasteiger partial charge >= 0.3 is 6.03 Å². The minimum Gasteiger partial charge on any atom is -0.354 e. The molecule has 148 valence electrons. The van der Waals surface area contributed by atoms with E-state index >= 15 is 0 Å². The molecule has 0 bridgehead atoms. The van der Waals surface area contributed by atoms with Gasteiger partial charge < -0.3 is 10.6 Å². The van der Waals surface area contributed by atoms with Gasteiger partial charge in [-0.1, -0.05) is 41.4 Å². The first-order valence-corrected chi connectivity index (χ1v) is 9.19. The Balaban J connectivity index is 2.03. The molecule has 3 amide bonds. The van der Waals surface area contributed by atoms with Crippen LogP contribution in [-0.4, -0.2) is 34.8 Å². The van der Waals surface area contributed by atoms with Gasteiger partial charge in [0.05, 0.1) is 4.92 Å². The monoisotopic (exact) mass is 424 g/mol. The minimum atomic E-state index is -1.14. The van der Waals surface area contributed by atoms with Crippen molar-refractivity contribution in [2.24, 2.45) is 0 Å². The quantitative estimate of drug-likeness (QED) is 0.289. The third-order valence-corrected chi connectivity index (χ3v) is 4.09. The SMILES string of the molecule is O=C(NCCCN(C(=O)Nc1ccc([N+](=O)[O-])cc1)c1ccccc1)C(Cl)Cl. The van der Waals surface area contributed by atoms with E-state index in [0.717, 1.165) is 0 Å². The van der Waals surface area contributed by atoms with Crippen molar-refractivity contribution < 1.29 is 14.5 Å². The predicted octanol–water partition coefficient (Wildman–Crippen LogP) is 3.94. The number of hydrogen-bond acceptors (Lipinski definition) is 4. The molecular formula is C18H18Cl2N4O4. The van der Waals surface area contributed by atoms with Crippen LogP contribution in [0.4, 0.5) is 21.9 Å². The van der Waals surface area contributed by atoms with Crippen molar-refractivity contribution >= 4 is 52.2 Å². The second kappa shape index (κ2) is 10.5. The van der Waals surface area contributed by atoms with Gasteiger partial charge in [-0.2, -0.15) is 0 Å². The zero-order chi connectivity index (χ0) is 20.5. The van der Waals surface area contributed by atoms with Crippen LogP contribution in [0, 0.1) is 10.1 Å². The molecule has 8 nitrogen and oxygen atoms in total. The molecule has 28 heavy (non-hydrogen) atoms. The summed E-state index contributed by atoms with van der Waals surface area (Å²) in [6, 6.07) is 14.1. The van der Waals surface area contributed by atoms with Crippen molar-refractivity contribution in [3.8, 4) is 0 Å². The highest BCUT2D eigenvalue weighted by atomic mass is 35.5. The van der Waals surface area contributed by atoms with Crippen LogP contribution in [0.5, 0.6) is 0 Å². The van der Waals surface area contributed by atoms with Gasteiger partial charge in [-0.3, -0.25) is 19.8 Å². The Morgan fingerprint density at radius 3 is 2.29 bits per heavy atom. The molecule has 0 fully saturated rings. The fourth-order valence-corrected chi connectivity index (χ4v) is 2.49. The Morgan fingerprint density at radius 2 is 1.71 bits per heavy atom. The van der Waals surface area contributed by atoms with Crippen molar-refractivity contribution in [3.05, 3.63) is 64.7 Å². The normalized spacial score (nSPS) is 10.4. The summed E-state index contributed by atoms with van der Waals surface area (Å²) in [5, 5.41) is 16.0. The van der Waals surface area contributed by atoms with Crippen molar-refractivity contribution in [2.45, 2.75) is 11.3 Å². The number of nitrogens with one attached hydrogen (secondary N) is 2. The molecule has 0 radical (unpaired) electrons. The molecule has 10 heteroatoms. The standard InChI is InChI=1S/C18H18Cl2N4O4/c19-16(20)17(25)21-11-4-12-23(14-5-2-1-3-6-14)18(26)22-13-7-9-15(10-8-13)24(27)28/h1-3,5-10,16H,4,11-12H2,(H,21,25)(H,22,26). The molecule has 2 rings (SSSR count). The number of carbonyl (C=O) groups is 2. The van der Waals surface area contributed by atoms with Crippen LogP contribution in [0.1, 0.15) is 6.42 Å². The number of anilines is 2. The zero-order valence-corrected chi connectivity index (χ0v) is 16.2. The lowest BCUT2D eigenvalue weighted by molar-refractivity contribution is -0.384. The number of amides is 3. The molecule has 2 aromatic carbocycles. The van der Waals surface area contributed by atoms with Crippen molar-refractivity contribution in [1.82, 2.24) is 5.32 Å². The van der Waals surface area contributed by atoms with E-state index in [4.69, 9.17) is 23.2 Å². The fourth-order valence-electron chi connectivity index (χ4n) is 2.34. The maximum atomic E-state index is 12.7. The fraction of sp³-hybridized carbons (Fsp3) is 0.222. The van der Waals surface area contributed by atoms with Crippen LogP contribution in [0.15, 0.2) is 54.6 Å². The van der Waals surface area contributed by atoms with Crippen LogP contribution in [0.25, 0.3) is 0 Å². The number of nitrogens with zero attached hydrogens (tertiary/aromatic N) is 2. The summed E-state index contributed by atoms with van der Waals surface area (Å²) in [5.41, 5.74) is 1.03. The molecule has 0 saturated carbocycles. The van der Waals surface area contributed by atoms with E-state index in [9.17, 15) is 19.7 Å². The Labute approximate surface area is 171 Å². The van der Waals surface area contributed by atoms with Crippen LogP contribution in [0.2, 0.25) is 0 Å². The summed E-state index contributed by atoms with van der Waals surface area (Å²) in [6.07, 6.45) is 0.467. The average molecular weight is 425 g/mol. The summed E-state index contributed by atoms with van der Waals surface area (Å²) in [7, 11) is 0. The zero-order valence-electron chi connectivity index (χ0n) is 14.7. The molecule has 0 atom stereocenters. The van der Waals surface area contributed by atoms with E-state index in [1.165, 1.54) is 29.2 Å². The Hall–Kier alpha value is -2.84. The molecule has 0 aliphatic heterocycles. The first-order chi connectivity index (χ1) is 13.4. The molecule has 0 unspecified atom stereocenters. The van der Waals surface area contributed by atoms with Crippen molar-refractivity contribution in [2.75, 3.05) is 23.3 Å². The summed E-state index contributed by atoms with van der Waals surface area (Å²) < 4.78 is 0. The second-order valence-corrected chi connectivity index (χ2v) is 6.76. The van der Waals surface area contributed by atoms with E-state index < -0.39 is 21.7 Å². The van der Waals surface area contributed by atoms with Gasteiger partial charge in [0.15, 0.2) is 4.84 Å². The minimum absolute atomic E-state index is 0.0643. The van der Waals surface area contributed by atoms with Gasteiger partial charge in [-0.15, -0.1) is 0 Å². The van der Waals surface area contributed by atoms with Crippen LogP contribution in [-0.2, 0) is 4.79 Å². The van der Waals surface area contributed by atoms with Gasteiger partial charge in [0.1, 0.15) is 0 Å². The van der Waals surface area contributed by atoms with Gasteiger partial charge in [0, 0.05) is 36.6 Å². The number of benzene rings is 2. The molecule has 0 aromatic heterocycles. The Bertz CT molecular complexity index is 816. The maximum Gasteiger partial charge on any atom is 0.326 e. The van der Waals surface area contributed by atoms with E-state index in [1.807, 2.05) is 6.07 Å². The maximum absolute atomic E-state index is 12.7. The lowest BCUT2D eigenvalue weighted by Gasteiger charge is -2.23. The number of non-ortho nitro benzene ring substituents is 1. The number of rotatable bonds is 8. The number of nitro groups is 1. The summed E-state index contributed by atoms with van der Waals surface area (Å²) in [6.45, 7) is 0.612. The number of alkyl halides is 2. The molecule has 0 spiro atoms. The molecular weight excluding hydrogens is 407 g/mol. The Morgan fingerprint density at radius 1 is 1.07 bits per heavy atom. The summed E-state index contributed by atoms with van der Waals surface area (Å²) in [4.78, 5) is 34.7.